The van der Waals surface area contributed by atoms with Gasteiger partial charge in [0.05, 0.1) is 30.6 Å². The quantitative estimate of drug-likeness (QED) is 0.118. The number of hydrogen-bond acceptors (Lipinski definition) is 9. The van der Waals surface area contributed by atoms with Gasteiger partial charge in [0, 0.05) is 37.7 Å². The molecule has 3 N–H and O–H groups in total. The first-order valence-corrected chi connectivity index (χ1v) is 22.8. The molecule has 66 heavy (non-hydrogen) atoms. The molecule has 1 aromatic heterocycles. The van der Waals surface area contributed by atoms with Gasteiger partial charge in [-0.05, 0) is 112 Å². The number of nitrogens with zero attached hydrogens (tertiary/aromatic N) is 5. The number of nitrogens with one attached hydrogen (secondary N) is 3. The number of carbonyl (C=O) groups is 4. The van der Waals surface area contributed by atoms with Crippen LogP contribution in [-0.4, -0.2) is 70.8 Å². The molecule has 13 heteroatoms. The van der Waals surface area contributed by atoms with Crippen LogP contribution in [0.15, 0.2) is 97.2 Å². The molecular formula is C53H66N8O5. The van der Waals surface area contributed by atoms with Gasteiger partial charge in [-0.3, -0.25) is 19.2 Å². The highest BCUT2D eigenvalue weighted by molar-refractivity contribution is 6.13. The van der Waals surface area contributed by atoms with E-state index in [4.69, 9.17) is 9.72 Å². The molecular weight excluding hydrogens is 829 g/mol. The molecule has 1 aliphatic carbocycles. The molecule has 0 spiro atoms. The number of para-hydroxylation sites is 1. The van der Waals surface area contributed by atoms with Gasteiger partial charge in [-0.2, -0.15) is 4.98 Å². The molecule has 0 saturated carbocycles. The van der Waals surface area contributed by atoms with Gasteiger partial charge in [0.1, 0.15) is 23.5 Å². The number of aromatic nitrogens is 2. The van der Waals surface area contributed by atoms with Gasteiger partial charge in [0.15, 0.2) is 5.82 Å². The van der Waals surface area contributed by atoms with Crippen LogP contribution >= 0.6 is 0 Å². The first kappa shape index (κ1) is 48.7. The van der Waals surface area contributed by atoms with Gasteiger partial charge in [0.25, 0.3) is 5.91 Å². The van der Waals surface area contributed by atoms with Gasteiger partial charge >= 0.3 is 0 Å². The third-order valence-electron chi connectivity index (χ3n) is 13.0. The highest BCUT2D eigenvalue weighted by Crippen LogP contribution is 2.41. The van der Waals surface area contributed by atoms with Crippen molar-refractivity contribution in [3.63, 3.8) is 0 Å². The van der Waals surface area contributed by atoms with Crippen molar-refractivity contribution in [2.75, 3.05) is 29.3 Å². The van der Waals surface area contributed by atoms with Crippen LogP contribution in [0.3, 0.4) is 0 Å². The van der Waals surface area contributed by atoms with Crippen molar-refractivity contribution >= 4 is 52.5 Å². The second-order valence-corrected chi connectivity index (χ2v) is 17.4. The Hall–Kier alpha value is -6.76. The number of methoxy groups -OCH3 is 1. The largest absolute Gasteiger partial charge is 0.497 e. The van der Waals surface area contributed by atoms with Crippen LogP contribution < -0.4 is 30.5 Å². The first-order chi connectivity index (χ1) is 31.3. The van der Waals surface area contributed by atoms with Gasteiger partial charge in [-0.15, -0.1) is 0 Å². The van der Waals surface area contributed by atoms with E-state index >= 15 is 0 Å². The predicted octanol–water partition coefficient (Wildman–Crippen LogP) is 9.38. The van der Waals surface area contributed by atoms with Gasteiger partial charge in [0.2, 0.25) is 23.7 Å². The average Bonchev–Trinajstić information content (AvgIpc) is 3.42. The van der Waals surface area contributed by atoms with Gasteiger partial charge in [-0.25, -0.2) is 4.98 Å². The fourth-order valence-electron chi connectivity index (χ4n) is 8.68. The lowest BCUT2D eigenvalue weighted by Crippen LogP contribution is -2.57. The molecule has 348 valence electrons. The standard InChI is InChI=1S/C29H37N3O4.C23H25N5O.CH4/c1-5-18(2)27(33)30-19(3)29(35)32-17-22-15-23(36-4)14-13-21(22)16-26(32)28(34)31-25-12-8-10-20-9-6-7-11-24(20)25;1-5-16(3)28-19-9-7-6-8-18(19)22(29)27(4)20-14-24-23(26-21(20)28)25-17-12-10-15(2)11-13-17;/h6-7,9,11,13-15,18-19,25-26H,5,8,10,12,16-17H2,1-4H3,(H,30,33)(H,31,34);6-14,16H,5H2,1-4H3,(H,24,25,26);1H4/t18-,19+,25-,26+;;/m1../s1. The summed E-state index contributed by atoms with van der Waals surface area (Å²) < 4.78 is 5.38. The molecule has 4 aromatic carbocycles. The van der Waals surface area contributed by atoms with Crippen molar-refractivity contribution in [2.24, 2.45) is 5.92 Å². The molecule has 0 bridgehead atoms. The SMILES string of the molecule is C.CCC(C)N1c2ccccc2C(=O)N(C)c2cnc(Nc3ccc(C)cc3)nc21.CC[C@@H](C)C(=O)N[C@@H](C)C(=O)N1Cc2cc(OC)ccc2C[C@H]1C(=O)N[C@@H]1CCCc2ccccc21. The van der Waals surface area contributed by atoms with E-state index in [1.807, 2.05) is 92.7 Å². The Morgan fingerprint density at radius 3 is 2.33 bits per heavy atom. The maximum Gasteiger partial charge on any atom is 0.260 e. The Labute approximate surface area is 390 Å². The Bertz CT molecular complexity index is 2530. The van der Waals surface area contributed by atoms with Crippen molar-refractivity contribution in [2.45, 2.75) is 118 Å². The monoisotopic (exact) mass is 895 g/mol. The predicted molar refractivity (Wildman–Crippen MR) is 263 cm³/mol. The number of carbonyl (C=O) groups excluding carboxylic acids is 4. The molecule has 3 heterocycles. The number of ether oxygens (including phenoxy) is 1. The van der Waals surface area contributed by atoms with E-state index in [1.165, 1.54) is 11.1 Å². The molecule has 0 fully saturated rings. The smallest absolute Gasteiger partial charge is 0.260 e. The van der Waals surface area contributed by atoms with Gasteiger partial charge < -0.3 is 35.4 Å². The summed E-state index contributed by atoms with van der Waals surface area (Å²) >= 11 is 0. The summed E-state index contributed by atoms with van der Waals surface area (Å²) in [7, 11) is 3.38. The maximum atomic E-state index is 13.7. The van der Waals surface area contributed by atoms with E-state index in [-0.39, 0.29) is 55.6 Å². The third kappa shape index (κ3) is 10.5. The van der Waals surface area contributed by atoms with Crippen LogP contribution in [0, 0.1) is 12.8 Å². The van der Waals surface area contributed by atoms with Crippen LogP contribution in [0.2, 0.25) is 0 Å². The molecule has 3 aliphatic rings. The van der Waals surface area contributed by atoms with E-state index in [0.29, 0.717) is 35.8 Å². The lowest BCUT2D eigenvalue weighted by Gasteiger charge is -2.39. The summed E-state index contributed by atoms with van der Waals surface area (Å²) in [5, 5.41) is 9.36. The van der Waals surface area contributed by atoms with E-state index < -0.39 is 12.1 Å². The second-order valence-electron chi connectivity index (χ2n) is 17.4. The van der Waals surface area contributed by atoms with Crippen LogP contribution in [0.4, 0.5) is 28.8 Å². The first-order valence-electron chi connectivity index (χ1n) is 22.8. The van der Waals surface area contributed by atoms with E-state index in [9.17, 15) is 19.2 Å². The summed E-state index contributed by atoms with van der Waals surface area (Å²) in [6.07, 6.45) is 6.64. The van der Waals surface area contributed by atoms with Crippen molar-refractivity contribution < 1.29 is 23.9 Å². The topological polar surface area (TPSA) is 149 Å². The number of fused-ring (bicyclic) bond motifs is 4. The number of hydrogen-bond donors (Lipinski definition) is 3. The normalized spacial score (nSPS) is 17.3. The molecule has 0 saturated heterocycles. The highest BCUT2D eigenvalue weighted by atomic mass is 16.5. The van der Waals surface area contributed by atoms with Crippen LogP contribution in [0.25, 0.3) is 0 Å². The van der Waals surface area contributed by atoms with Crippen LogP contribution in [-0.2, 0) is 33.8 Å². The summed E-state index contributed by atoms with van der Waals surface area (Å²) in [5.41, 5.74) is 8.76. The van der Waals surface area contributed by atoms with Gasteiger partial charge in [-0.1, -0.05) is 88.4 Å². The van der Waals surface area contributed by atoms with E-state index in [1.54, 1.807) is 37.1 Å². The number of amides is 4. The lowest BCUT2D eigenvalue weighted by atomic mass is 9.87. The summed E-state index contributed by atoms with van der Waals surface area (Å²) in [4.78, 5) is 67.6. The minimum Gasteiger partial charge on any atom is -0.497 e. The second kappa shape index (κ2) is 21.5. The molecule has 0 radical (unpaired) electrons. The number of rotatable bonds is 11. The fraction of sp³-hybridized carbons (Fsp3) is 0.396. The van der Waals surface area contributed by atoms with Crippen LogP contribution in [0.5, 0.6) is 5.75 Å². The molecule has 5 atom stereocenters. The number of benzene rings is 4. The minimum atomic E-state index is -0.732. The Morgan fingerprint density at radius 1 is 0.879 bits per heavy atom. The number of anilines is 5. The molecule has 8 rings (SSSR count). The zero-order chi connectivity index (χ0) is 46.4. The fourth-order valence-corrected chi connectivity index (χ4v) is 8.68. The zero-order valence-corrected chi connectivity index (χ0v) is 38.9. The molecule has 13 nitrogen and oxygen atoms in total. The Kier molecular flexibility index (Phi) is 15.9. The summed E-state index contributed by atoms with van der Waals surface area (Å²) in [5.74, 6) is 1.12. The van der Waals surface area contributed by atoms with E-state index in [2.05, 4.69) is 58.7 Å². The Balaban J connectivity index is 0.000000220. The van der Waals surface area contributed by atoms with Crippen molar-refractivity contribution in [3.8, 4) is 5.75 Å². The van der Waals surface area contributed by atoms with Crippen molar-refractivity contribution in [1.29, 1.82) is 0 Å². The average molecular weight is 895 g/mol. The Morgan fingerprint density at radius 2 is 1.61 bits per heavy atom. The summed E-state index contributed by atoms with van der Waals surface area (Å²) in [6.45, 7) is 12.1. The zero-order valence-electron chi connectivity index (χ0n) is 38.9. The molecule has 5 aromatic rings. The third-order valence-corrected chi connectivity index (χ3v) is 13.0. The number of aryl methyl sites for hydroxylation is 2. The van der Waals surface area contributed by atoms with Crippen LogP contribution in [0.1, 0.15) is 112 Å². The minimum absolute atomic E-state index is 0. The molecule has 2 aliphatic heterocycles. The molecule has 1 unspecified atom stereocenters. The van der Waals surface area contributed by atoms with Crippen molar-refractivity contribution in [1.82, 2.24) is 25.5 Å². The lowest BCUT2D eigenvalue weighted by molar-refractivity contribution is -0.144. The maximum absolute atomic E-state index is 13.7. The summed E-state index contributed by atoms with van der Waals surface area (Å²) in [6, 6.07) is 28.5. The molecule has 4 amide bonds. The van der Waals surface area contributed by atoms with Crippen molar-refractivity contribution in [3.05, 3.63) is 131 Å². The highest BCUT2D eigenvalue weighted by Gasteiger charge is 2.39. The van der Waals surface area contributed by atoms with E-state index in [0.717, 1.165) is 59.6 Å².